The number of aromatic nitrogens is 2. The molecule has 0 spiro atoms. The zero-order chi connectivity index (χ0) is 13.9. The Morgan fingerprint density at radius 3 is 2.42 bits per heavy atom. The first-order valence-electron chi connectivity index (χ1n) is 5.47. The van der Waals surface area contributed by atoms with Crippen LogP contribution < -0.4 is 10.1 Å². The fourth-order valence-electron chi connectivity index (χ4n) is 1.39. The van der Waals surface area contributed by atoms with Crippen molar-refractivity contribution in [3.63, 3.8) is 0 Å². The van der Waals surface area contributed by atoms with Gasteiger partial charge in [0.05, 0.1) is 17.3 Å². The molecule has 6 nitrogen and oxygen atoms in total. The van der Waals surface area contributed by atoms with Gasteiger partial charge in [-0.25, -0.2) is 8.42 Å². The van der Waals surface area contributed by atoms with Gasteiger partial charge in [0.25, 0.3) is 0 Å². The van der Waals surface area contributed by atoms with Crippen LogP contribution in [-0.2, 0) is 9.84 Å². The minimum absolute atomic E-state index is 0.245. The molecule has 0 amide bonds. The minimum atomic E-state index is -3.20. The van der Waals surface area contributed by atoms with Gasteiger partial charge in [0.1, 0.15) is 11.6 Å². The molecule has 0 radical (unpaired) electrons. The van der Waals surface area contributed by atoms with Crippen LogP contribution in [0.2, 0.25) is 0 Å². The summed E-state index contributed by atoms with van der Waals surface area (Å²) < 4.78 is 28.1. The lowest BCUT2D eigenvalue weighted by Crippen LogP contribution is -1.97. The molecule has 1 aromatic heterocycles. The van der Waals surface area contributed by atoms with Crippen molar-refractivity contribution in [1.29, 1.82) is 0 Å². The van der Waals surface area contributed by atoms with Gasteiger partial charge in [0, 0.05) is 13.3 Å². The van der Waals surface area contributed by atoms with Crippen LogP contribution in [0.1, 0.15) is 0 Å². The van der Waals surface area contributed by atoms with Crippen LogP contribution in [0.5, 0.6) is 11.6 Å². The molecule has 0 saturated carbocycles. The predicted molar refractivity (Wildman–Crippen MR) is 71.2 cm³/mol. The van der Waals surface area contributed by atoms with E-state index in [0.29, 0.717) is 17.4 Å². The van der Waals surface area contributed by atoms with E-state index in [1.165, 1.54) is 18.3 Å². The third-order valence-corrected chi connectivity index (χ3v) is 3.47. The van der Waals surface area contributed by atoms with E-state index in [1.807, 2.05) is 0 Å². The topological polar surface area (TPSA) is 81.2 Å². The number of hydrogen-bond acceptors (Lipinski definition) is 6. The zero-order valence-electron chi connectivity index (χ0n) is 10.5. The normalized spacial score (nSPS) is 11.1. The summed E-state index contributed by atoms with van der Waals surface area (Å²) >= 11 is 0. The molecule has 0 unspecified atom stereocenters. The van der Waals surface area contributed by atoms with Gasteiger partial charge in [-0.1, -0.05) is 0 Å². The Hall–Kier alpha value is -2.15. The van der Waals surface area contributed by atoms with Gasteiger partial charge in [-0.05, 0) is 24.3 Å². The van der Waals surface area contributed by atoms with Crippen LogP contribution in [0.4, 0.5) is 5.82 Å². The summed E-state index contributed by atoms with van der Waals surface area (Å²) in [6.45, 7) is 0. The third kappa shape index (κ3) is 3.41. The molecule has 0 aliphatic carbocycles. The minimum Gasteiger partial charge on any atom is -0.437 e. The summed E-state index contributed by atoms with van der Waals surface area (Å²) in [6, 6.07) is 6.12. The molecule has 2 rings (SSSR count). The van der Waals surface area contributed by atoms with Crippen molar-refractivity contribution >= 4 is 15.7 Å². The van der Waals surface area contributed by atoms with Gasteiger partial charge in [0.15, 0.2) is 9.84 Å². The smallest absolute Gasteiger partial charge is 0.239 e. The van der Waals surface area contributed by atoms with Gasteiger partial charge in [-0.2, -0.15) is 4.98 Å². The van der Waals surface area contributed by atoms with Gasteiger partial charge in [-0.15, -0.1) is 0 Å². The molecule has 2 aromatic rings. The Balaban J connectivity index is 2.19. The number of sulfone groups is 1. The van der Waals surface area contributed by atoms with E-state index in [9.17, 15) is 8.42 Å². The van der Waals surface area contributed by atoms with E-state index in [4.69, 9.17) is 4.74 Å². The molecule has 100 valence electrons. The van der Waals surface area contributed by atoms with Crippen LogP contribution in [0.3, 0.4) is 0 Å². The van der Waals surface area contributed by atoms with Gasteiger partial charge in [0.2, 0.25) is 5.88 Å². The molecule has 0 atom stereocenters. The maximum absolute atomic E-state index is 11.3. The molecule has 19 heavy (non-hydrogen) atoms. The molecular formula is C12H13N3O3S. The average molecular weight is 279 g/mol. The van der Waals surface area contributed by atoms with E-state index in [1.54, 1.807) is 25.4 Å². The molecular weight excluding hydrogens is 266 g/mol. The highest BCUT2D eigenvalue weighted by molar-refractivity contribution is 7.90. The quantitative estimate of drug-likeness (QED) is 0.917. The number of nitrogens with one attached hydrogen (secondary N) is 1. The first kappa shape index (κ1) is 13.3. The highest BCUT2D eigenvalue weighted by Crippen LogP contribution is 2.21. The van der Waals surface area contributed by atoms with Gasteiger partial charge >= 0.3 is 0 Å². The SMILES string of the molecule is CNc1cncc(Oc2ccc(S(C)(=O)=O)cc2)n1. The van der Waals surface area contributed by atoms with E-state index in [2.05, 4.69) is 15.3 Å². The highest BCUT2D eigenvalue weighted by Gasteiger charge is 2.07. The molecule has 7 heteroatoms. The second-order valence-electron chi connectivity index (χ2n) is 3.84. The number of ether oxygens (including phenoxy) is 1. The van der Waals surface area contributed by atoms with Gasteiger partial charge in [-0.3, -0.25) is 4.98 Å². The van der Waals surface area contributed by atoms with Crippen molar-refractivity contribution in [3.05, 3.63) is 36.7 Å². The van der Waals surface area contributed by atoms with Crippen molar-refractivity contribution in [2.45, 2.75) is 4.90 Å². The van der Waals surface area contributed by atoms with E-state index in [0.717, 1.165) is 6.26 Å². The zero-order valence-corrected chi connectivity index (χ0v) is 11.3. The van der Waals surface area contributed by atoms with Crippen LogP contribution in [0.15, 0.2) is 41.6 Å². The molecule has 0 saturated heterocycles. The summed E-state index contributed by atoms with van der Waals surface area (Å²) in [6.07, 6.45) is 4.20. The highest BCUT2D eigenvalue weighted by atomic mass is 32.2. The summed E-state index contributed by atoms with van der Waals surface area (Å²) in [5.41, 5.74) is 0. The average Bonchev–Trinajstić information content (AvgIpc) is 2.38. The summed E-state index contributed by atoms with van der Waals surface area (Å²) in [5, 5.41) is 2.85. The number of nitrogens with zero attached hydrogens (tertiary/aromatic N) is 2. The van der Waals surface area contributed by atoms with Gasteiger partial charge < -0.3 is 10.1 Å². The third-order valence-electron chi connectivity index (χ3n) is 2.34. The maximum Gasteiger partial charge on any atom is 0.239 e. The lowest BCUT2D eigenvalue weighted by Gasteiger charge is -2.06. The van der Waals surface area contributed by atoms with Crippen molar-refractivity contribution in [3.8, 4) is 11.6 Å². The Morgan fingerprint density at radius 2 is 1.84 bits per heavy atom. The van der Waals surface area contributed by atoms with Crippen molar-refractivity contribution < 1.29 is 13.2 Å². The molecule has 1 heterocycles. The number of anilines is 1. The van der Waals surface area contributed by atoms with E-state index < -0.39 is 9.84 Å². The fourth-order valence-corrected chi connectivity index (χ4v) is 2.02. The lowest BCUT2D eigenvalue weighted by molar-refractivity contribution is 0.460. The fraction of sp³-hybridized carbons (Fsp3) is 0.167. The molecule has 0 aliphatic heterocycles. The molecule has 0 bridgehead atoms. The Kier molecular flexibility index (Phi) is 3.66. The van der Waals surface area contributed by atoms with Crippen LogP contribution in [0, 0.1) is 0 Å². The van der Waals surface area contributed by atoms with Crippen LogP contribution in [0.25, 0.3) is 0 Å². The first-order valence-corrected chi connectivity index (χ1v) is 7.36. The van der Waals surface area contributed by atoms with Crippen molar-refractivity contribution in [2.75, 3.05) is 18.6 Å². The monoisotopic (exact) mass is 279 g/mol. The molecule has 0 aliphatic rings. The second kappa shape index (κ2) is 5.23. The lowest BCUT2D eigenvalue weighted by atomic mass is 10.3. The van der Waals surface area contributed by atoms with Crippen LogP contribution >= 0.6 is 0 Å². The first-order chi connectivity index (χ1) is 8.99. The molecule has 1 aromatic carbocycles. The summed E-state index contributed by atoms with van der Waals surface area (Å²) in [7, 11) is -1.47. The Bertz CT molecular complexity index is 669. The largest absolute Gasteiger partial charge is 0.437 e. The summed E-state index contributed by atoms with van der Waals surface area (Å²) in [4.78, 5) is 8.35. The standard InChI is InChI=1S/C12H13N3O3S/c1-13-11-7-14-8-12(15-11)18-9-3-5-10(6-4-9)19(2,16)17/h3-8H,1-2H3,(H,13,15). The molecule has 1 N–H and O–H groups in total. The number of rotatable bonds is 4. The predicted octanol–water partition coefficient (Wildman–Crippen LogP) is 1.71. The Morgan fingerprint density at radius 1 is 1.16 bits per heavy atom. The van der Waals surface area contributed by atoms with Crippen molar-refractivity contribution in [1.82, 2.24) is 9.97 Å². The van der Waals surface area contributed by atoms with E-state index >= 15 is 0 Å². The van der Waals surface area contributed by atoms with E-state index in [-0.39, 0.29) is 4.90 Å². The van der Waals surface area contributed by atoms with Crippen LogP contribution in [-0.4, -0.2) is 31.7 Å². The molecule has 0 fully saturated rings. The number of benzene rings is 1. The second-order valence-corrected chi connectivity index (χ2v) is 5.85. The Labute approximate surface area is 111 Å². The summed E-state index contributed by atoms with van der Waals surface area (Å²) in [5.74, 6) is 1.42. The number of hydrogen-bond donors (Lipinski definition) is 1. The maximum atomic E-state index is 11.3. The van der Waals surface area contributed by atoms with Crippen molar-refractivity contribution in [2.24, 2.45) is 0 Å².